The number of nitrogens with two attached hydrogens (primary N) is 1. The number of rotatable bonds is 3. The van der Waals surface area contributed by atoms with Crippen LogP contribution in [0.25, 0.3) is 0 Å². The predicted molar refractivity (Wildman–Crippen MR) is 74.6 cm³/mol. The van der Waals surface area contributed by atoms with Gasteiger partial charge in [0.2, 0.25) is 0 Å². The molecule has 2 rings (SSSR count). The van der Waals surface area contributed by atoms with Gasteiger partial charge in [0, 0.05) is 18.2 Å². The van der Waals surface area contributed by atoms with E-state index in [-0.39, 0.29) is 6.04 Å². The second-order valence-electron chi connectivity index (χ2n) is 5.48. The summed E-state index contributed by atoms with van der Waals surface area (Å²) in [5, 5.41) is 10.0. The number of benzene rings is 1. The summed E-state index contributed by atoms with van der Waals surface area (Å²) >= 11 is 0. The second kappa shape index (κ2) is 5.72. The number of aryl methyl sites for hydroxylation is 1. The van der Waals surface area contributed by atoms with E-state index in [0.717, 1.165) is 25.2 Å². The lowest BCUT2D eigenvalue weighted by Crippen LogP contribution is -2.39. The molecule has 1 aliphatic rings. The number of aromatic hydroxyl groups is 1. The third-order valence-corrected chi connectivity index (χ3v) is 4.06. The molecular formula is C15H24N2O. The third kappa shape index (κ3) is 2.85. The Morgan fingerprint density at radius 2 is 2.28 bits per heavy atom. The molecule has 18 heavy (non-hydrogen) atoms. The van der Waals surface area contributed by atoms with E-state index in [2.05, 4.69) is 24.8 Å². The molecule has 1 aliphatic heterocycles. The molecule has 1 heterocycles. The van der Waals surface area contributed by atoms with Crippen LogP contribution in [0.1, 0.15) is 36.9 Å². The summed E-state index contributed by atoms with van der Waals surface area (Å²) < 4.78 is 0. The van der Waals surface area contributed by atoms with Gasteiger partial charge in [-0.25, -0.2) is 0 Å². The van der Waals surface area contributed by atoms with E-state index in [1.54, 1.807) is 6.07 Å². The molecule has 0 amide bonds. The van der Waals surface area contributed by atoms with E-state index < -0.39 is 0 Å². The van der Waals surface area contributed by atoms with Gasteiger partial charge in [-0.3, -0.25) is 4.90 Å². The van der Waals surface area contributed by atoms with E-state index in [1.807, 2.05) is 6.07 Å². The number of phenolic OH excluding ortho intramolecular Hbond substituents is 1. The van der Waals surface area contributed by atoms with Gasteiger partial charge in [0.05, 0.1) is 0 Å². The Bertz CT molecular complexity index is 405. The third-order valence-electron chi connectivity index (χ3n) is 4.06. The molecule has 1 saturated heterocycles. The van der Waals surface area contributed by atoms with Crippen molar-refractivity contribution >= 4 is 0 Å². The summed E-state index contributed by atoms with van der Waals surface area (Å²) in [5.41, 5.74) is 8.01. The Labute approximate surface area is 110 Å². The van der Waals surface area contributed by atoms with E-state index in [1.165, 1.54) is 18.4 Å². The summed E-state index contributed by atoms with van der Waals surface area (Å²) in [4.78, 5) is 2.44. The van der Waals surface area contributed by atoms with Crippen LogP contribution in [0.4, 0.5) is 0 Å². The molecule has 3 nitrogen and oxygen atoms in total. The molecule has 100 valence electrons. The van der Waals surface area contributed by atoms with Crippen LogP contribution in [0.5, 0.6) is 5.75 Å². The molecule has 0 saturated carbocycles. The Morgan fingerprint density at radius 3 is 3.00 bits per heavy atom. The van der Waals surface area contributed by atoms with Crippen LogP contribution in [0, 0.1) is 12.8 Å². The largest absolute Gasteiger partial charge is 0.508 e. The smallest absolute Gasteiger partial charge is 0.120 e. The van der Waals surface area contributed by atoms with Crippen LogP contribution >= 0.6 is 0 Å². The molecule has 0 spiro atoms. The van der Waals surface area contributed by atoms with Gasteiger partial charge in [-0.2, -0.15) is 0 Å². The molecule has 0 bridgehead atoms. The highest BCUT2D eigenvalue weighted by molar-refractivity contribution is 5.37. The standard InChI is InChI=1S/C15H24N2O/c1-11-5-6-15(18)14(8-11)12(2)17-7-3-4-13(9-16)10-17/h5-6,8,12-13,18H,3-4,7,9-10,16H2,1-2H3. The molecular weight excluding hydrogens is 224 g/mol. The maximum Gasteiger partial charge on any atom is 0.120 e. The lowest BCUT2D eigenvalue weighted by Gasteiger charge is -2.36. The van der Waals surface area contributed by atoms with Gasteiger partial charge >= 0.3 is 0 Å². The lowest BCUT2D eigenvalue weighted by atomic mass is 9.94. The maximum absolute atomic E-state index is 10.0. The fourth-order valence-corrected chi connectivity index (χ4v) is 2.85. The molecule has 3 heteroatoms. The first-order chi connectivity index (χ1) is 8.61. The minimum Gasteiger partial charge on any atom is -0.508 e. The Kier molecular flexibility index (Phi) is 4.25. The number of nitrogens with zero attached hydrogens (tertiary/aromatic N) is 1. The lowest BCUT2D eigenvalue weighted by molar-refractivity contribution is 0.133. The minimum absolute atomic E-state index is 0.263. The number of hydrogen-bond donors (Lipinski definition) is 2. The summed E-state index contributed by atoms with van der Waals surface area (Å²) in [7, 11) is 0. The summed E-state index contributed by atoms with van der Waals surface area (Å²) in [6.45, 7) is 7.15. The molecule has 0 aromatic heterocycles. The zero-order chi connectivity index (χ0) is 13.1. The SMILES string of the molecule is Cc1ccc(O)c(C(C)N2CCCC(CN)C2)c1. The van der Waals surface area contributed by atoms with E-state index in [9.17, 15) is 5.11 Å². The highest BCUT2D eigenvalue weighted by Gasteiger charge is 2.24. The zero-order valence-corrected chi connectivity index (χ0v) is 11.4. The second-order valence-corrected chi connectivity index (χ2v) is 5.48. The van der Waals surface area contributed by atoms with Gasteiger partial charge in [-0.05, 0) is 51.8 Å². The molecule has 1 aromatic rings. The first kappa shape index (κ1) is 13.4. The highest BCUT2D eigenvalue weighted by atomic mass is 16.3. The van der Waals surface area contributed by atoms with Crippen molar-refractivity contribution in [3.63, 3.8) is 0 Å². The number of likely N-dealkylation sites (tertiary alicyclic amines) is 1. The first-order valence-corrected chi connectivity index (χ1v) is 6.85. The normalized spacial score (nSPS) is 22.9. The minimum atomic E-state index is 0.263. The first-order valence-electron chi connectivity index (χ1n) is 6.85. The predicted octanol–water partition coefficient (Wildman–Crippen LogP) is 2.43. The van der Waals surface area contributed by atoms with Crippen LogP contribution in [-0.4, -0.2) is 29.6 Å². The molecule has 3 N–H and O–H groups in total. The molecule has 1 fully saturated rings. The average Bonchev–Trinajstić information content (AvgIpc) is 2.41. The van der Waals surface area contributed by atoms with Crippen LogP contribution < -0.4 is 5.73 Å². The van der Waals surface area contributed by atoms with E-state index in [0.29, 0.717) is 11.7 Å². The number of piperidine rings is 1. The van der Waals surface area contributed by atoms with Crippen molar-refractivity contribution in [1.29, 1.82) is 0 Å². The maximum atomic E-state index is 10.0. The number of hydrogen-bond acceptors (Lipinski definition) is 3. The number of phenols is 1. The van der Waals surface area contributed by atoms with Crippen molar-refractivity contribution < 1.29 is 5.11 Å². The topological polar surface area (TPSA) is 49.5 Å². The van der Waals surface area contributed by atoms with Gasteiger partial charge in [0.1, 0.15) is 5.75 Å². The van der Waals surface area contributed by atoms with Gasteiger partial charge < -0.3 is 10.8 Å². The van der Waals surface area contributed by atoms with Crippen LogP contribution in [-0.2, 0) is 0 Å². The van der Waals surface area contributed by atoms with Crippen LogP contribution in [0.15, 0.2) is 18.2 Å². The average molecular weight is 248 g/mol. The Morgan fingerprint density at radius 1 is 1.50 bits per heavy atom. The highest BCUT2D eigenvalue weighted by Crippen LogP contribution is 2.31. The van der Waals surface area contributed by atoms with Crippen LogP contribution in [0.3, 0.4) is 0 Å². The molecule has 2 atom stereocenters. The summed E-state index contributed by atoms with van der Waals surface area (Å²) in [5.74, 6) is 1.01. The van der Waals surface area contributed by atoms with Gasteiger partial charge in [-0.1, -0.05) is 17.7 Å². The monoisotopic (exact) mass is 248 g/mol. The van der Waals surface area contributed by atoms with E-state index in [4.69, 9.17) is 5.73 Å². The van der Waals surface area contributed by atoms with Gasteiger partial charge in [0.15, 0.2) is 0 Å². The van der Waals surface area contributed by atoms with Crippen molar-refractivity contribution in [3.8, 4) is 5.75 Å². The summed E-state index contributed by atoms with van der Waals surface area (Å²) in [6.07, 6.45) is 2.44. The summed E-state index contributed by atoms with van der Waals surface area (Å²) in [6, 6.07) is 6.10. The van der Waals surface area contributed by atoms with Crippen molar-refractivity contribution in [2.45, 2.75) is 32.7 Å². The van der Waals surface area contributed by atoms with Crippen molar-refractivity contribution in [1.82, 2.24) is 4.90 Å². The molecule has 0 radical (unpaired) electrons. The quantitative estimate of drug-likeness (QED) is 0.863. The zero-order valence-electron chi connectivity index (χ0n) is 11.4. The van der Waals surface area contributed by atoms with Gasteiger partial charge in [-0.15, -0.1) is 0 Å². The van der Waals surface area contributed by atoms with Crippen molar-refractivity contribution in [2.75, 3.05) is 19.6 Å². The Hall–Kier alpha value is -1.06. The van der Waals surface area contributed by atoms with Crippen molar-refractivity contribution in [3.05, 3.63) is 29.3 Å². The van der Waals surface area contributed by atoms with E-state index >= 15 is 0 Å². The van der Waals surface area contributed by atoms with Crippen molar-refractivity contribution in [2.24, 2.45) is 11.7 Å². The fourth-order valence-electron chi connectivity index (χ4n) is 2.85. The van der Waals surface area contributed by atoms with Gasteiger partial charge in [0.25, 0.3) is 0 Å². The molecule has 0 aliphatic carbocycles. The fraction of sp³-hybridized carbons (Fsp3) is 0.600. The molecule has 2 unspecified atom stereocenters. The van der Waals surface area contributed by atoms with Crippen LogP contribution in [0.2, 0.25) is 0 Å². The molecule has 1 aromatic carbocycles. The Balaban J connectivity index is 2.14.